The molecule has 0 atom stereocenters. The molecule has 1 aromatic carbocycles. The van der Waals surface area contributed by atoms with Crippen molar-refractivity contribution < 1.29 is 0 Å². The number of halogens is 1. The summed E-state index contributed by atoms with van der Waals surface area (Å²) < 4.78 is 0. The number of hydrogen-bond donors (Lipinski definition) is 1. The lowest BCUT2D eigenvalue weighted by Crippen LogP contribution is -2.29. The van der Waals surface area contributed by atoms with Crippen molar-refractivity contribution in [3.8, 4) is 0 Å². The molecule has 1 fully saturated rings. The van der Waals surface area contributed by atoms with E-state index in [0.29, 0.717) is 6.04 Å². The van der Waals surface area contributed by atoms with Gasteiger partial charge in [-0.1, -0.05) is 50.8 Å². The summed E-state index contributed by atoms with van der Waals surface area (Å²) in [4.78, 5) is 2.53. The first kappa shape index (κ1) is 15.7. The van der Waals surface area contributed by atoms with E-state index in [0.717, 1.165) is 24.7 Å². The summed E-state index contributed by atoms with van der Waals surface area (Å²) in [5, 5.41) is 4.36. The Balaban J connectivity index is 2.15. The fraction of sp³-hybridized carbons (Fsp3) is 0.647. The van der Waals surface area contributed by atoms with Gasteiger partial charge in [-0.2, -0.15) is 0 Å². The molecule has 2 nitrogen and oxygen atoms in total. The third-order valence-corrected chi connectivity index (χ3v) is 4.18. The third kappa shape index (κ3) is 4.68. The Morgan fingerprint density at radius 2 is 1.75 bits per heavy atom. The van der Waals surface area contributed by atoms with E-state index in [9.17, 15) is 0 Å². The molecule has 0 aromatic heterocycles. The molecule has 1 aliphatic rings. The van der Waals surface area contributed by atoms with Gasteiger partial charge in [-0.05, 0) is 30.5 Å². The lowest BCUT2D eigenvalue weighted by Gasteiger charge is -2.29. The van der Waals surface area contributed by atoms with Gasteiger partial charge in [0.05, 0.1) is 0 Å². The maximum Gasteiger partial charge on any atom is 0.0426 e. The van der Waals surface area contributed by atoms with Crippen molar-refractivity contribution in [3.63, 3.8) is 0 Å². The lowest BCUT2D eigenvalue weighted by molar-refractivity contribution is 0.552. The number of anilines is 1. The third-order valence-electron chi connectivity index (χ3n) is 3.94. The van der Waals surface area contributed by atoms with Gasteiger partial charge in [0, 0.05) is 36.4 Å². The van der Waals surface area contributed by atoms with Crippen LogP contribution in [-0.2, 0) is 6.54 Å². The van der Waals surface area contributed by atoms with Crippen LogP contribution in [0.2, 0.25) is 5.02 Å². The zero-order valence-electron chi connectivity index (χ0n) is 12.8. The smallest absolute Gasteiger partial charge is 0.0426 e. The summed E-state index contributed by atoms with van der Waals surface area (Å²) in [6.07, 6.45) is 6.70. The summed E-state index contributed by atoms with van der Waals surface area (Å²) in [6.45, 7) is 7.61. The number of hydrogen-bond acceptors (Lipinski definition) is 2. The van der Waals surface area contributed by atoms with Gasteiger partial charge in [0.15, 0.2) is 0 Å². The second-order valence-electron chi connectivity index (χ2n) is 6.06. The molecule has 0 bridgehead atoms. The first-order valence-electron chi connectivity index (χ1n) is 7.93. The van der Waals surface area contributed by atoms with E-state index in [1.54, 1.807) is 0 Å². The topological polar surface area (TPSA) is 15.3 Å². The van der Waals surface area contributed by atoms with Crippen LogP contribution < -0.4 is 10.2 Å². The summed E-state index contributed by atoms with van der Waals surface area (Å²) in [7, 11) is 0. The van der Waals surface area contributed by atoms with Crippen molar-refractivity contribution in [1.29, 1.82) is 0 Å². The molecule has 3 heteroatoms. The maximum atomic E-state index is 6.22. The van der Waals surface area contributed by atoms with Crippen LogP contribution in [0, 0.1) is 0 Å². The average molecular weight is 295 g/mol. The Labute approximate surface area is 128 Å². The molecule has 1 heterocycles. The molecule has 0 spiro atoms. The van der Waals surface area contributed by atoms with Crippen molar-refractivity contribution in [2.75, 3.05) is 18.0 Å². The SMILES string of the molecule is CC(C)NCc1ccc(Cl)cc1N1CCCCCCC1. The van der Waals surface area contributed by atoms with Gasteiger partial charge in [-0.15, -0.1) is 0 Å². The van der Waals surface area contributed by atoms with Crippen molar-refractivity contribution in [2.24, 2.45) is 0 Å². The van der Waals surface area contributed by atoms with Gasteiger partial charge in [-0.3, -0.25) is 0 Å². The minimum atomic E-state index is 0.505. The van der Waals surface area contributed by atoms with Crippen LogP contribution in [0.5, 0.6) is 0 Å². The molecule has 0 saturated carbocycles. The van der Waals surface area contributed by atoms with Gasteiger partial charge in [0.25, 0.3) is 0 Å². The van der Waals surface area contributed by atoms with E-state index in [4.69, 9.17) is 11.6 Å². The summed E-state index contributed by atoms with van der Waals surface area (Å²) in [5.74, 6) is 0. The molecule has 2 rings (SSSR count). The Bertz CT molecular complexity index is 409. The Morgan fingerprint density at radius 1 is 1.10 bits per heavy atom. The maximum absolute atomic E-state index is 6.22. The Morgan fingerprint density at radius 3 is 2.40 bits per heavy atom. The van der Waals surface area contributed by atoms with Crippen LogP contribution >= 0.6 is 11.6 Å². The van der Waals surface area contributed by atoms with Gasteiger partial charge in [-0.25, -0.2) is 0 Å². The standard InChI is InChI=1S/C17H27ClN2/c1-14(2)19-13-15-8-9-16(18)12-17(15)20-10-6-4-3-5-7-11-20/h8-9,12,14,19H,3-7,10-11,13H2,1-2H3. The highest BCUT2D eigenvalue weighted by Gasteiger charge is 2.13. The van der Waals surface area contributed by atoms with Crippen molar-refractivity contribution in [1.82, 2.24) is 5.32 Å². The van der Waals surface area contributed by atoms with E-state index < -0.39 is 0 Å². The van der Waals surface area contributed by atoms with Crippen molar-refractivity contribution >= 4 is 17.3 Å². The fourth-order valence-electron chi connectivity index (χ4n) is 2.78. The zero-order valence-corrected chi connectivity index (χ0v) is 13.5. The van der Waals surface area contributed by atoms with E-state index in [1.165, 1.54) is 43.4 Å². The average Bonchev–Trinajstić information content (AvgIpc) is 2.37. The number of benzene rings is 1. The van der Waals surface area contributed by atoms with E-state index in [1.807, 2.05) is 6.07 Å². The quantitative estimate of drug-likeness (QED) is 0.872. The van der Waals surface area contributed by atoms with E-state index in [2.05, 4.69) is 36.2 Å². The van der Waals surface area contributed by atoms with Gasteiger partial charge >= 0.3 is 0 Å². The minimum absolute atomic E-state index is 0.505. The predicted octanol–water partition coefficient (Wildman–Crippen LogP) is 4.61. The van der Waals surface area contributed by atoms with Crippen molar-refractivity contribution in [2.45, 2.75) is 58.5 Å². The molecule has 112 valence electrons. The molecule has 0 unspecified atom stereocenters. The first-order valence-corrected chi connectivity index (χ1v) is 8.31. The molecular formula is C17H27ClN2. The normalized spacial score (nSPS) is 17.1. The molecular weight excluding hydrogens is 268 g/mol. The van der Waals surface area contributed by atoms with E-state index in [-0.39, 0.29) is 0 Å². The summed E-state index contributed by atoms with van der Waals surface area (Å²) >= 11 is 6.22. The first-order chi connectivity index (χ1) is 9.66. The molecule has 1 aromatic rings. The number of nitrogens with one attached hydrogen (secondary N) is 1. The van der Waals surface area contributed by atoms with Crippen LogP contribution in [0.15, 0.2) is 18.2 Å². The highest BCUT2D eigenvalue weighted by molar-refractivity contribution is 6.30. The molecule has 0 radical (unpaired) electrons. The highest BCUT2D eigenvalue weighted by atomic mass is 35.5. The number of rotatable bonds is 4. The molecule has 0 aliphatic carbocycles. The second-order valence-corrected chi connectivity index (χ2v) is 6.50. The molecule has 1 saturated heterocycles. The van der Waals surface area contributed by atoms with Crippen LogP contribution in [0.25, 0.3) is 0 Å². The molecule has 1 N–H and O–H groups in total. The minimum Gasteiger partial charge on any atom is -0.371 e. The summed E-state index contributed by atoms with van der Waals surface area (Å²) in [5.41, 5.74) is 2.69. The highest BCUT2D eigenvalue weighted by Crippen LogP contribution is 2.27. The van der Waals surface area contributed by atoms with Gasteiger partial charge in [0.2, 0.25) is 0 Å². The van der Waals surface area contributed by atoms with Gasteiger partial charge in [0.1, 0.15) is 0 Å². The Hall–Kier alpha value is -0.730. The van der Waals surface area contributed by atoms with Crippen LogP contribution in [-0.4, -0.2) is 19.1 Å². The lowest BCUT2D eigenvalue weighted by atomic mass is 10.1. The second kappa shape index (κ2) is 7.90. The molecule has 0 amide bonds. The van der Waals surface area contributed by atoms with E-state index >= 15 is 0 Å². The van der Waals surface area contributed by atoms with Crippen molar-refractivity contribution in [3.05, 3.63) is 28.8 Å². The molecule has 1 aliphatic heterocycles. The fourth-order valence-corrected chi connectivity index (χ4v) is 2.95. The monoisotopic (exact) mass is 294 g/mol. The van der Waals surface area contributed by atoms with Gasteiger partial charge < -0.3 is 10.2 Å². The zero-order chi connectivity index (χ0) is 14.4. The van der Waals surface area contributed by atoms with Crippen LogP contribution in [0.4, 0.5) is 5.69 Å². The van der Waals surface area contributed by atoms with Crippen LogP contribution in [0.3, 0.4) is 0 Å². The number of nitrogens with zero attached hydrogens (tertiary/aromatic N) is 1. The van der Waals surface area contributed by atoms with Crippen LogP contribution in [0.1, 0.15) is 51.5 Å². The summed E-state index contributed by atoms with van der Waals surface area (Å²) in [6, 6.07) is 6.82. The largest absolute Gasteiger partial charge is 0.371 e. The molecule has 20 heavy (non-hydrogen) atoms. The Kier molecular flexibility index (Phi) is 6.18. The predicted molar refractivity (Wildman–Crippen MR) is 88.7 cm³/mol.